The summed E-state index contributed by atoms with van der Waals surface area (Å²) in [7, 11) is 0. The average Bonchev–Trinajstić information content (AvgIpc) is 2.69. The van der Waals surface area contributed by atoms with Gasteiger partial charge in [0.15, 0.2) is 5.78 Å². The second-order valence-electron chi connectivity index (χ2n) is 6.60. The summed E-state index contributed by atoms with van der Waals surface area (Å²) in [6.45, 7) is -1.75. The van der Waals surface area contributed by atoms with Crippen LogP contribution in [0.3, 0.4) is 0 Å². The van der Waals surface area contributed by atoms with Crippen LogP contribution < -0.4 is 10.5 Å². The van der Waals surface area contributed by atoms with Crippen molar-refractivity contribution in [1.29, 1.82) is 0 Å². The Hall–Kier alpha value is -3.42. The summed E-state index contributed by atoms with van der Waals surface area (Å²) in [6, 6.07) is 13.0. The lowest BCUT2D eigenvalue weighted by Gasteiger charge is -2.35. The second kappa shape index (κ2) is 6.95. The number of carbonyl (C=O) groups excluding carboxylic acids is 1. The number of hydrogen-bond donors (Lipinski definition) is 0. The molecule has 6 nitrogen and oxygen atoms in total. The van der Waals surface area contributed by atoms with E-state index in [2.05, 4.69) is 9.97 Å². The molecule has 0 saturated heterocycles. The standard InChI is InChI=1S/C20H16F2N4O2/c21-20(22)12-25(11-17(27)15-4-2-1-3-5-15)19-24-16(10-18(28)26(19)13-20)14-6-8-23-9-7-14/h1-10H,11-13H2. The first kappa shape index (κ1) is 18.0. The van der Waals surface area contributed by atoms with Crippen LogP contribution in [-0.4, -0.2) is 39.3 Å². The third-order valence-electron chi connectivity index (χ3n) is 4.49. The lowest BCUT2D eigenvalue weighted by atomic mass is 10.1. The molecule has 0 unspecified atom stereocenters. The summed E-state index contributed by atoms with van der Waals surface area (Å²) < 4.78 is 29.4. The molecule has 0 aliphatic carbocycles. The molecule has 3 aromatic rings. The minimum Gasteiger partial charge on any atom is -0.328 e. The molecule has 0 radical (unpaired) electrons. The van der Waals surface area contributed by atoms with Gasteiger partial charge >= 0.3 is 0 Å². The number of Topliss-reactive ketones (excluding diaryl/α,β-unsaturated/α-hetero) is 1. The Bertz CT molecular complexity index is 1070. The maximum absolute atomic E-state index is 14.2. The predicted molar refractivity (Wildman–Crippen MR) is 99.7 cm³/mol. The molecule has 0 N–H and O–H groups in total. The first-order valence-electron chi connectivity index (χ1n) is 8.66. The fourth-order valence-electron chi connectivity index (χ4n) is 3.20. The van der Waals surface area contributed by atoms with Gasteiger partial charge in [-0.05, 0) is 12.1 Å². The van der Waals surface area contributed by atoms with Crippen LogP contribution in [-0.2, 0) is 6.54 Å². The summed E-state index contributed by atoms with van der Waals surface area (Å²) in [5.74, 6) is -3.41. The lowest BCUT2D eigenvalue weighted by molar-refractivity contribution is -0.0172. The van der Waals surface area contributed by atoms with Gasteiger partial charge in [0.25, 0.3) is 11.5 Å². The molecule has 0 fully saturated rings. The lowest BCUT2D eigenvalue weighted by Crippen LogP contribution is -2.51. The molecule has 1 aromatic carbocycles. The quantitative estimate of drug-likeness (QED) is 0.649. The number of pyridine rings is 1. The van der Waals surface area contributed by atoms with Crippen molar-refractivity contribution in [2.45, 2.75) is 12.5 Å². The molecule has 1 aliphatic rings. The number of nitrogens with zero attached hydrogens (tertiary/aromatic N) is 4. The summed E-state index contributed by atoms with van der Waals surface area (Å²) in [5, 5.41) is 0. The third kappa shape index (κ3) is 3.53. The highest BCUT2D eigenvalue weighted by Gasteiger charge is 2.40. The molecular weight excluding hydrogens is 366 g/mol. The van der Waals surface area contributed by atoms with E-state index < -0.39 is 24.6 Å². The van der Waals surface area contributed by atoms with Gasteiger partial charge in [0.05, 0.1) is 25.3 Å². The number of hydrogen-bond acceptors (Lipinski definition) is 5. The van der Waals surface area contributed by atoms with Crippen LogP contribution in [0.15, 0.2) is 65.7 Å². The third-order valence-corrected chi connectivity index (χ3v) is 4.49. The Morgan fingerprint density at radius 3 is 2.50 bits per heavy atom. The van der Waals surface area contributed by atoms with Crippen LogP contribution in [0, 0.1) is 0 Å². The number of carbonyl (C=O) groups is 1. The maximum atomic E-state index is 14.2. The van der Waals surface area contributed by atoms with E-state index in [9.17, 15) is 18.4 Å². The van der Waals surface area contributed by atoms with E-state index in [0.717, 1.165) is 4.57 Å². The molecule has 0 atom stereocenters. The molecule has 1 aliphatic heterocycles. The van der Waals surface area contributed by atoms with Crippen molar-refractivity contribution in [2.75, 3.05) is 18.0 Å². The fourth-order valence-corrected chi connectivity index (χ4v) is 3.20. The molecule has 28 heavy (non-hydrogen) atoms. The number of aromatic nitrogens is 3. The normalized spacial score (nSPS) is 15.1. The Kier molecular flexibility index (Phi) is 4.46. The van der Waals surface area contributed by atoms with Crippen molar-refractivity contribution in [2.24, 2.45) is 0 Å². The van der Waals surface area contributed by atoms with Crippen LogP contribution in [0.2, 0.25) is 0 Å². The van der Waals surface area contributed by atoms with Crippen molar-refractivity contribution >= 4 is 11.7 Å². The molecular formula is C20H16F2N4O2. The molecule has 142 valence electrons. The highest BCUT2D eigenvalue weighted by atomic mass is 19.3. The van der Waals surface area contributed by atoms with Gasteiger partial charge in [-0.15, -0.1) is 0 Å². The molecule has 0 spiro atoms. The Labute approximate surface area is 159 Å². The van der Waals surface area contributed by atoms with E-state index in [1.54, 1.807) is 54.9 Å². The molecule has 0 bridgehead atoms. The minimum atomic E-state index is -3.15. The van der Waals surface area contributed by atoms with Gasteiger partial charge in [-0.2, -0.15) is 0 Å². The number of benzene rings is 1. The maximum Gasteiger partial charge on any atom is 0.283 e. The first-order valence-corrected chi connectivity index (χ1v) is 8.66. The Morgan fingerprint density at radius 1 is 1.07 bits per heavy atom. The van der Waals surface area contributed by atoms with Gasteiger partial charge in [-0.3, -0.25) is 19.1 Å². The summed E-state index contributed by atoms with van der Waals surface area (Å²) >= 11 is 0. The van der Waals surface area contributed by atoms with E-state index in [4.69, 9.17) is 0 Å². The first-order chi connectivity index (χ1) is 13.4. The van der Waals surface area contributed by atoms with E-state index in [0.29, 0.717) is 16.8 Å². The molecule has 0 amide bonds. The van der Waals surface area contributed by atoms with Gasteiger partial charge in [-0.25, -0.2) is 13.8 Å². The number of fused-ring (bicyclic) bond motifs is 1. The Balaban J connectivity index is 1.76. The van der Waals surface area contributed by atoms with Gasteiger partial charge < -0.3 is 4.90 Å². The zero-order chi connectivity index (χ0) is 19.7. The van der Waals surface area contributed by atoms with Crippen LogP contribution in [0.5, 0.6) is 0 Å². The van der Waals surface area contributed by atoms with Gasteiger partial charge in [0, 0.05) is 29.6 Å². The number of rotatable bonds is 4. The minimum absolute atomic E-state index is 0.0644. The van der Waals surface area contributed by atoms with Crippen LogP contribution in [0.25, 0.3) is 11.3 Å². The van der Waals surface area contributed by atoms with Crippen LogP contribution >= 0.6 is 0 Å². The summed E-state index contributed by atoms with van der Waals surface area (Å²) in [6.07, 6.45) is 3.11. The van der Waals surface area contributed by atoms with Crippen molar-refractivity contribution in [3.8, 4) is 11.3 Å². The van der Waals surface area contributed by atoms with Gasteiger partial charge in [0.2, 0.25) is 5.95 Å². The highest BCUT2D eigenvalue weighted by molar-refractivity contribution is 5.99. The predicted octanol–water partition coefficient (Wildman–Crippen LogP) is 2.64. The molecule has 0 saturated carbocycles. The number of anilines is 1. The summed E-state index contributed by atoms with van der Waals surface area (Å²) in [4.78, 5) is 34.6. The van der Waals surface area contributed by atoms with Crippen molar-refractivity contribution in [3.05, 3.63) is 76.8 Å². The highest BCUT2D eigenvalue weighted by Crippen LogP contribution is 2.29. The van der Waals surface area contributed by atoms with Crippen molar-refractivity contribution in [3.63, 3.8) is 0 Å². The number of alkyl halides is 2. The zero-order valence-corrected chi connectivity index (χ0v) is 14.8. The average molecular weight is 382 g/mol. The van der Waals surface area contributed by atoms with Crippen LogP contribution in [0.4, 0.5) is 14.7 Å². The molecule has 4 rings (SSSR count). The van der Waals surface area contributed by atoms with Gasteiger partial charge in [0.1, 0.15) is 0 Å². The molecule has 2 aromatic heterocycles. The van der Waals surface area contributed by atoms with Crippen LogP contribution in [0.1, 0.15) is 10.4 Å². The monoisotopic (exact) mass is 382 g/mol. The largest absolute Gasteiger partial charge is 0.328 e. The number of ketones is 1. The SMILES string of the molecule is O=C(CN1CC(F)(F)Cn2c1nc(-c1ccncc1)cc2=O)c1ccccc1. The topological polar surface area (TPSA) is 68.1 Å². The van der Waals surface area contributed by atoms with E-state index in [1.165, 1.54) is 11.0 Å². The molecule has 8 heteroatoms. The summed E-state index contributed by atoms with van der Waals surface area (Å²) in [5.41, 5.74) is 0.812. The zero-order valence-electron chi connectivity index (χ0n) is 14.8. The smallest absolute Gasteiger partial charge is 0.283 e. The van der Waals surface area contributed by atoms with E-state index in [-0.39, 0.29) is 18.3 Å². The van der Waals surface area contributed by atoms with Crippen molar-refractivity contribution < 1.29 is 13.6 Å². The van der Waals surface area contributed by atoms with Crippen molar-refractivity contribution in [1.82, 2.24) is 14.5 Å². The van der Waals surface area contributed by atoms with E-state index >= 15 is 0 Å². The Morgan fingerprint density at radius 2 is 1.79 bits per heavy atom. The second-order valence-corrected chi connectivity index (χ2v) is 6.60. The fraction of sp³-hybridized carbons (Fsp3) is 0.200. The van der Waals surface area contributed by atoms with Gasteiger partial charge in [-0.1, -0.05) is 30.3 Å². The molecule has 3 heterocycles. The number of halogens is 2. The van der Waals surface area contributed by atoms with E-state index in [1.807, 2.05) is 0 Å².